The summed E-state index contributed by atoms with van der Waals surface area (Å²) in [6.45, 7) is 5.40. The summed E-state index contributed by atoms with van der Waals surface area (Å²) in [7, 11) is 0. The van der Waals surface area contributed by atoms with E-state index in [0.29, 0.717) is 17.4 Å². The van der Waals surface area contributed by atoms with Gasteiger partial charge >= 0.3 is 11.6 Å². The van der Waals surface area contributed by atoms with Crippen LogP contribution < -0.4 is 10.9 Å². The zero-order valence-corrected chi connectivity index (χ0v) is 14.3. The SMILES string of the molecule is Cc1c(CC(=O)NC(CC(C)C)C(=O)O)c(=O)oc2cc(O)ccc12. The molecule has 0 spiro atoms. The number of carboxylic acid groups (broad SMARTS) is 1. The molecule has 0 bridgehead atoms. The third-order valence-electron chi connectivity index (χ3n) is 3.95. The van der Waals surface area contributed by atoms with Crippen LogP contribution in [0.4, 0.5) is 0 Å². The zero-order valence-electron chi connectivity index (χ0n) is 14.3. The lowest BCUT2D eigenvalue weighted by Crippen LogP contribution is -2.42. The van der Waals surface area contributed by atoms with Crippen LogP contribution in [0.3, 0.4) is 0 Å². The number of phenols is 1. The maximum absolute atomic E-state index is 12.2. The fourth-order valence-corrected chi connectivity index (χ4v) is 2.69. The highest BCUT2D eigenvalue weighted by Crippen LogP contribution is 2.23. The van der Waals surface area contributed by atoms with Gasteiger partial charge in [-0.1, -0.05) is 13.8 Å². The molecule has 1 amide bonds. The van der Waals surface area contributed by atoms with E-state index in [1.165, 1.54) is 12.1 Å². The summed E-state index contributed by atoms with van der Waals surface area (Å²) in [6.07, 6.45) is 0.0263. The molecule has 2 aromatic rings. The number of hydrogen-bond acceptors (Lipinski definition) is 5. The Morgan fingerprint density at radius 3 is 2.56 bits per heavy atom. The van der Waals surface area contributed by atoms with E-state index in [0.717, 1.165) is 0 Å². The molecule has 0 fully saturated rings. The van der Waals surface area contributed by atoms with Crippen LogP contribution in [0.1, 0.15) is 31.4 Å². The van der Waals surface area contributed by atoms with Crippen LogP contribution in [0.15, 0.2) is 27.4 Å². The van der Waals surface area contributed by atoms with Crippen molar-refractivity contribution in [3.63, 3.8) is 0 Å². The fourth-order valence-electron chi connectivity index (χ4n) is 2.69. The molecule has 1 aromatic carbocycles. The standard InChI is InChI=1S/C18H21NO6/c1-9(2)6-14(17(22)23)19-16(21)8-13-10(3)12-5-4-11(20)7-15(12)25-18(13)24/h4-5,7,9,14,20H,6,8H2,1-3H3,(H,19,21)(H,22,23). The van der Waals surface area contributed by atoms with Gasteiger partial charge in [-0.05, 0) is 37.0 Å². The van der Waals surface area contributed by atoms with Crippen LogP contribution in [-0.4, -0.2) is 28.1 Å². The summed E-state index contributed by atoms with van der Waals surface area (Å²) >= 11 is 0. The Bertz CT molecular complexity index is 868. The normalized spacial score (nSPS) is 12.3. The monoisotopic (exact) mass is 347 g/mol. The molecule has 0 saturated heterocycles. The summed E-state index contributed by atoms with van der Waals surface area (Å²) in [4.78, 5) is 35.6. The van der Waals surface area contributed by atoms with Gasteiger partial charge in [0.1, 0.15) is 17.4 Å². The van der Waals surface area contributed by atoms with Gasteiger partial charge in [-0.2, -0.15) is 0 Å². The Kier molecular flexibility index (Phi) is 5.46. The van der Waals surface area contributed by atoms with E-state index in [1.54, 1.807) is 13.0 Å². The van der Waals surface area contributed by atoms with E-state index in [1.807, 2.05) is 13.8 Å². The molecule has 1 aromatic heterocycles. The van der Waals surface area contributed by atoms with Crippen molar-refractivity contribution < 1.29 is 24.2 Å². The van der Waals surface area contributed by atoms with E-state index in [9.17, 15) is 24.6 Å². The number of rotatable bonds is 6. The molecule has 0 radical (unpaired) electrons. The van der Waals surface area contributed by atoms with Crippen LogP contribution >= 0.6 is 0 Å². The molecule has 0 saturated carbocycles. The van der Waals surface area contributed by atoms with E-state index in [4.69, 9.17) is 4.42 Å². The van der Waals surface area contributed by atoms with Crippen molar-refractivity contribution in [3.05, 3.63) is 39.7 Å². The third kappa shape index (κ3) is 4.37. The van der Waals surface area contributed by atoms with Crippen molar-refractivity contribution in [2.24, 2.45) is 5.92 Å². The van der Waals surface area contributed by atoms with Crippen molar-refractivity contribution in [1.82, 2.24) is 5.32 Å². The molecule has 134 valence electrons. The molecule has 0 aliphatic rings. The highest BCUT2D eigenvalue weighted by atomic mass is 16.4. The fraction of sp³-hybridized carbons (Fsp3) is 0.389. The van der Waals surface area contributed by atoms with E-state index in [-0.39, 0.29) is 29.2 Å². The van der Waals surface area contributed by atoms with Crippen LogP contribution in [0.2, 0.25) is 0 Å². The molecule has 1 unspecified atom stereocenters. The Balaban J connectivity index is 2.27. The maximum Gasteiger partial charge on any atom is 0.340 e. The Hall–Kier alpha value is -2.83. The predicted molar refractivity (Wildman–Crippen MR) is 91.6 cm³/mol. The van der Waals surface area contributed by atoms with Gasteiger partial charge in [-0.15, -0.1) is 0 Å². The first-order valence-electron chi connectivity index (χ1n) is 7.96. The predicted octanol–water partition coefficient (Wildman–Crippen LogP) is 1.97. The van der Waals surface area contributed by atoms with Gasteiger partial charge < -0.3 is 19.9 Å². The number of carboxylic acids is 1. The quantitative estimate of drug-likeness (QED) is 0.688. The van der Waals surface area contributed by atoms with Crippen LogP contribution in [0.25, 0.3) is 11.0 Å². The number of aliphatic carboxylic acids is 1. The largest absolute Gasteiger partial charge is 0.508 e. The topological polar surface area (TPSA) is 117 Å². The summed E-state index contributed by atoms with van der Waals surface area (Å²) in [5.41, 5.74) is 0.290. The number of hydrogen-bond donors (Lipinski definition) is 3. The van der Waals surface area contributed by atoms with Crippen LogP contribution in [0.5, 0.6) is 5.75 Å². The average Bonchev–Trinajstić information content (AvgIpc) is 2.49. The lowest BCUT2D eigenvalue weighted by molar-refractivity contribution is -0.142. The molecule has 3 N–H and O–H groups in total. The third-order valence-corrected chi connectivity index (χ3v) is 3.95. The highest BCUT2D eigenvalue weighted by molar-refractivity contribution is 5.87. The number of benzene rings is 1. The zero-order chi connectivity index (χ0) is 18.7. The number of carbonyl (C=O) groups is 2. The summed E-state index contributed by atoms with van der Waals surface area (Å²) in [6, 6.07) is 3.39. The minimum absolute atomic E-state index is 0.0291. The molecular formula is C18H21NO6. The number of carbonyl (C=O) groups excluding carboxylic acids is 1. The molecule has 7 nitrogen and oxygen atoms in total. The second-order valence-electron chi connectivity index (χ2n) is 6.44. The summed E-state index contributed by atoms with van der Waals surface area (Å²) in [5.74, 6) is -1.60. The van der Waals surface area contributed by atoms with Gasteiger partial charge in [0.15, 0.2) is 0 Å². The minimum atomic E-state index is -1.11. The second kappa shape index (κ2) is 7.38. The maximum atomic E-state index is 12.2. The Morgan fingerprint density at radius 1 is 1.28 bits per heavy atom. The summed E-state index contributed by atoms with van der Waals surface area (Å²) in [5, 5.41) is 21.7. The Labute approximate surface area is 144 Å². The smallest absolute Gasteiger partial charge is 0.340 e. The molecule has 0 aliphatic heterocycles. The summed E-state index contributed by atoms with van der Waals surface area (Å²) < 4.78 is 5.16. The number of amides is 1. The van der Waals surface area contributed by atoms with Gasteiger partial charge in [0, 0.05) is 11.5 Å². The van der Waals surface area contributed by atoms with Gasteiger partial charge in [0.2, 0.25) is 5.91 Å². The van der Waals surface area contributed by atoms with E-state index >= 15 is 0 Å². The molecular weight excluding hydrogens is 326 g/mol. The Morgan fingerprint density at radius 2 is 1.96 bits per heavy atom. The first kappa shape index (κ1) is 18.5. The number of aromatic hydroxyl groups is 1. The highest BCUT2D eigenvalue weighted by Gasteiger charge is 2.22. The van der Waals surface area contributed by atoms with E-state index < -0.39 is 23.5 Å². The first-order valence-corrected chi connectivity index (χ1v) is 7.96. The van der Waals surface area contributed by atoms with Crippen molar-refractivity contribution in [2.75, 3.05) is 0 Å². The van der Waals surface area contributed by atoms with Gasteiger partial charge in [0.25, 0.3) is 0 Å². The molecule has 1 heterocycles. The van der Waals surface area contributed by atoms with E-state index in [2.05, 4.69) is 5.32 Å². The van der Waals surface area contributed by atoms with Gasteiger partial charge in [-0.25, -0.2) is 9.59 Å². The number of phenolic OH excluding ortho intramolecular Hbond substituents is 1. The van der Waals surface area contributed by atoms with Gasteiger partial charge in [0.05, 0.1) is 12.0 Å². The lowest BCUT2D eigenvalue weighted by Gasteiger charge is -2.16. The average molecular weight is 347 g/mol. The minimum Gasteiger partial charge on any atom is -0.508 e. The van der Waals surface area contributed by atoms with Crippen LogP contribution in [-0.2, 0) is 16.0 Å². The van der Waals surface area contributed by atoms with Crippen molar-refractivity contribution in [2.45, 2.75) is 39.7 Å². The molecule has 7 heteroatoms. The van der Waals surface area contributed by atoms with Gasteiger partial charge in [-0.3, -0.25) is 4.79 Å². The molecule has 1 atom stereocenters. The van der Waals surface area contributed by atoms with Crippen molar-refractivity contribution >= 4 is 22.8 Å². The lowest BCUT2D eigenvalue weighted by atomic mass is 10.0. The van der Waals surface area contributed by atoms with Crippen molar-refractivity contribution in [3.8, 4) is 5.75 Å². The number of nitrogens with one attached hydrogen (secondary N) is 1. The number of aryl methyl sites for hydroxylation is 1. The molecule has 25 heavy (non-hydrogen) atoms. The second-order valence-corrected chi connectivity index (χ2v) is 6.44. The molecule has 2 rings (SSSR count). The van der Waals surface area contributed by atoms with Crippen LogP contribution in [0, 0.1) is 12.8 Å². The number of fused-ring (bicyclic) bond motifs is 1. The van der Waals surface area contributed by atoms with Crippen molar-refractivity contribution in [1.29, 1.82) is 0 Å². The first-order chi connectivity index (χ1) is 11.7. The molecule has 0 aliphatic carbocycles.